The largest absolute Gasteiger partial charge is 0.497 e. The molecule has 3 aromatic carbocycles. The highest BCUT2D eigenvalue weighted by atomic mass is 35.5. The Hall–Kier alpha value is -3.77. The number of hydrogen-bond donors (Lipinski definition) is 1. The summed E-state index contributed by atoms with van der Waals surface area (Å²) in [5, 5.41) is 7.69. The maximum Gasteiger partial charge on any atom is 0.161 e. The molecular weight excluding hydrogens is 412 g/mol. The summed E-state index contributed by atoms with van der Waals surface area (Å²) in [5.41, 5.74) is 3.90. The number of methoxy groups -OCH3 is 1. The molecule has 0 aliphatic heterocycles. The van der Waals surface area contributed by atoms with Gasteiger partial charge in [0.05, 0.1) is 23.8 Å². The summed E-state index contributed by atoms with van der Waals surface area (Å²) < 4.78 is 13.3. The van der Waals surface area contributed by atoms with Gasteiger partial charge in [-0.3, -0.25) is 9.67 Å². The Morgan fingerprint density at radius 2 is 1.65 bits per heavy atom. The number of halogens is 1. The minimum absolute atomic E-state index is 0. The van der Waals surface area contributed by atoms with E-state index in [0.29, 0.717) is 6.61 Å². The van der Waals surface area contributed by atoms with E-state index in [1.165, 1.54) is 0 Å². The van der Waals surface area contributed by atoms with E-state index in [9.17, 15) is 0 Å². The number of hydrogen-bond acceptors (Lipinski definition) is 4. The molecule has 31 heavy (non-hydrogen) atoms. The number of H-pyrrole nitrogens is 1. The van der Waals surface area contributed by atoms with Gasteiger partial charge in [0, 0.05) is 12.1 Å². The first-order valence-electron chi connectivity index (χ1n) is 9.66. The average Bonchev–Trinajstić information content (AvgIpc) is 3.43. The van der Waals surface area contributed by atoms with Gasteiger partial charge < -0.3 is 9.47 Å². The third-order valence-corrected chi connectivity index (χ3v) is 4.92. The lowest BCUT2D eigenvalue weighted by Crippen LogP contribution is -2.06. The first-order chi connectivity index (χ1) is 14.8. The normalized spacial score (nSPS) is 10.6. The monoisotopic (exact) mass is 432 g/mol. The molecule has 0 spiro atoms. The summed E-state index contributed by atoms with van der Waals surface area (Å²) in [4.78, 5) is 4.78. The number of imidazole rings is 1. The smallest absolute Gasteiger partial charge is 0.161 e. The Labute approximate surface area is 185 Å². The maximum atomic E-state index is 6.02. The molecule has 0 saturated carbocycles. The van der Waals surface area contributed by atoms with E-state index in [2.05, 4.69) is 22.3 Å². The minimum Gasteiger partial charge on any atom is -0.497 e. The lowest BCUT2D eigenvalue weighted by molar-refractivity contribution is 0.292. The summed E-state index contributed by atoms with van der Waals surface area (Å²) in [6.07, 6.45) is 0. The second-order valence-electron chi connectivity index (χ2n) is 6.83. The number of rotatable bonds is 6. The number of aromatic nitrogens is 4. The van der Waals surface area contributed by atoms with E-state index < -0.39 is 0 Å². The van der Waals surface area contributed by atoms with Crippen LogP contribution in [0.25, 0.3) is 28.1 Å². The lowest BCUT2D eigenvalue weighted by Gasteiger charge is -2.09. The van der Waals surface area contributed by atoms with Crippen LogP contribution in [0.1, 0.15) is 5.82 Å². The maximum absolute atomic E-state index is 6.02. The molecule has 0 saturated heterocycles. The zero-order valence-electron chi connectivity index (χ0n) is 16.9. The second-order valence-corrected chi connectivity index (χ2v) is 6.83. The van der Waals surface area contributed by atoms with Crippen LogP contribution in [-0.2, 0) is 6.61 Å². The highest BCUT2D eigenvalue weighted by molar-refractivity contribution is 5.85. The molecule has 0 amide bonds. The van der Waals surface area contributed by atoms with Gasteiger partial charge in [-0.05, 0) is 29.8 Å². The Kier molecular flexibility index (Phi) is 5.91. The SMILES string of the molecule is COc1cccc(OCc2nc3ccccc3n2-c2cc(-c3ccccc3)[nH]n2)c1.Cl. The number of para-hydroxylation sites is 2. The summed E-state index contributed by atoms with van der Waals surface area (Å²) in [6.45, 7) is 0.301. The van der Waals surface area contributed by atoms with Crippen molar-refractivity contribution in [1.82, 2.24) is 19.7 Å². The Bertz CT molecular complexity index is 1300. The molecule has 0 fully saturated rings. The van der Waals surface area contributed by atoms with Gasteiger partial charge in [0.25, 0.3) is 0 Å². The van der Waals surface area contributed by atoms with Gasteiger partial charge in [0.2, 0.25) is 0 Å². The highest BCUT2D eigenvalue weighted by Gasteiger charge is 2.16. The first kappa shape index (κ1) is 20.5. The van der Waals surface area contributed by atoms with Gasteiger partial charge in [-0.15, -0.1) is 12.4 Å². The van der Waals surface area contributed by atoms with Crippen LogP contribution in [0, 0.1) is 0 Å². The molecule has 5 aromatic rings. The number of ether oxygens (including phenoxy) is 2. The van der Waals surface area contributed by atoms with Crippen LogP contribution in [0.15, 0.2) is 84.9 Å². The zero-order valence-corrected chi connectivity index (χ0v) is 17.7. The molecule has 2 heterocycles. The van der Waals surface area contributed by atoms with E-state index >= 15 is 0 Å². The molecule has 1 N–H and O–H groups in total. The Balaban J connectivity index is 0.00000231. The second kappa shape index (κ2) is 8.93. The van der Waals surface area contributed by atoms with Crippen molar-refractivity contribution >= 4 is 23.4 Å². The molecule has 0 radical (unpaired) electrons. The summed E-state index contributed by atoms with van der Waals surface area (Å²) in [5.74, 6) is 3.01. The summed E-state index contributed by atoms with van der Waals surface area (Å²) >= 11 is 0. The van der Waals surface area contributed by atoms with Gasteiger partial charge in [-0.2, -0.15) is 5.10 Å². The average molecular weight is 433 g/mol. The minimum atomic E-state index is 0. The molecule has 0 bridgehead atoms. The van der Waals surface area contributed by atoms with Crippen molar-refractivity contribution in [2.45, 2.75) is 6.61 Å². The molecule has 0 aliphatic rings. The summed E-state index contributed by atoms with van der Waals surface area (Å²) in [6, 6.07) is 27.7. The van der Waals surface area contributed by atoms with Crippen molar-refractivity contribution in [2.75, 3.05) is 7.11 Å². The van der Waals surface area contributed by atoms with Crippen molar-refractivity contribution < 1.29 is 9.47 Å². The van der Waals surface area contributed by atoms with Gasteiger partial charge in [0.15, 0.2) is 11.6 Å². The van der Waals surface area contributed by atoms with Crippen molar-refractivity contribution in [1.29, 1.82) is 0 Å². The quantitative estimate of drug-likeness (QED) is 0.389. The number of fused-ring (bicyclic) bond motifs is 1. The van der Waals surface area contributed by atoms with Crippen LogP contribution < -0.4 is 9.47 Å². The van der Waals surface area contributed by atoms with Crippen molar-refractivity contribution in [3.63, 3.8) is 0 Å². The van der Waals surface area contributed by atoms with Crippen molar-refractivity contribution in [3.8, 4) is 28.6 Å². The van der Waals surface area contributed by atoms with E-state index in [0.717, 1.165) is 45.4 Å². The van der Waals surface area contributed by atoms with Crippen molar-refractivity contribution in [3.05, 3.63) is 90.8 Å². The fourth-order valence-electron chi connectivity index (χ4n) is 3.46. The van der Waals surface area contributed by atoms with Gasteiger partial charge >= 0.3 is 0 Å². The topological polar surface area (TPSA) is 65.0 Å². The number of benzene rings is 3. The third kappa shape index (κ3) is 4.11. The number of aromatic amines is 1. The van der Waals surface area contributed by atoms with E-state index in [-0.39, 0.29) is 12.4 Å². The third-order valence-electron chi connectivity index (χ3n) is 4.92. The molecule has 0 aliphatic carbocycles. The van der Waals surface area contributed by atoms with Crippen LogP contribution >= 0.6 is 12.4 Å². The fraction of sp³-hybridized carbons (Fsp3) is 0.0833. The van der Waals surface area contributed by atoms with Crippen LogP contribution in [-0.4, -0.2) is 26.9 Å². The highest BCUT2D eigenvalue weighted by Crippen LogP contribution is 2.26. The molecule has 2 aromatic heterocycles. The fourth-order valence-corrected chi connectivity index (χ4v) is 3.46. The predicted octanol–water partition coefficient (Wildman–Crippen LogP) is 5.43. The molecule has 5 rings (SSSR count). The lowest BCUT2D eigenvalue weighted by atomic mass is 10.1. The standard InChI is InChI=1S/C24H20N4O2.ClH/c1-29-18-10-7-11-19(14-18)30-16-24-25-20-12-5-6-13-22(20)28(24)23-15-21(26-27-23)17-8-3-2-4-9-17;/h2-15H,16H2,1H3,(H,26,27);1H. The Morgan fingerprint density at radius 3 is 2.48 bits per heavy atom. The summed E-state index contributed by atoms with van der Waals surface area (Å²) in [7, 11) is 1.64. The molecular formula is C24H21ClN4O2. The van der Waals surface area contributed by atoms with Crippen LogP contribution in [0.4, 0.5) is 0 Å². The molecule has 7 heteroatoms. The van der Waals surface area contributed by atoms with Crippen LogP contribution in [0.5, 0.6) is 11.5 Å². The van der Waals surface area contributed by atoms with Crippen molar-refractivity contribution in [2.24, 2.45) is 0 Å². The van der Waals surface area contributed by atoms with Gasteiger partial charge in [0.1, 0.15) is 18.1 Å². The van der Waals surface area contributed by atoms with Gasteiger partial charge in [-0.1, -0.05) is 48.5 Å². The Morgan fingerprint density at radius 1 is 0.871 bits per heavy atom. The molecule has 0 unspecified atom stereocenters. The first-order valence-corrected chi connectivity index (χ1v) is 9.66. The molecule has 156 valence electrons. The number of nitrogens with zero attached hydrogens (tertiary/aromatic N) is 3. The van der Waals surface area contributed by atoms with Crippen LogP contribution in [0.2, 0.25) is 0 Å². The van der Waals surface area contributed by atoms with E-state index in [1.807, 2.05) is 77.4 Å². The van der Waals surface area contributed by atoms with E-state index in [4.69, 9.17) is 14.5 Å². The van der Waals surface area contributed by atoms with Crippen LogP contribution in [0.3, 0.4) is 0 Å². The molecule has 6 nitrogen and oxygen atoms in total. The van der Waals surface area contributed by atoms with E-state index in [1.54, 1.807) is 7.11 Å². The van der Waals surface area contributed by atoms with Gasteiger partial charge in [-0.25, -0.2) is 4.98 Å². The number of nitrogens with one attached hydrogen (secondary N) is 1. The molecule has 0 atom stereocenters. The predicted molar refractivity (Wildman–Crippen MR) is 123 cm³/mol. The zero-order chi connectivity index (χ0) is 20.3.